The van der Waals surface area contributed by atoms with Gasteiger partial charge < -0.3 is 29.5 Å². The maximum Gasteiger partial charge on any atom is 0.303 e. The van der Waals surface area contributed by atoms with E-state index >= 15 is 0 Å². The quantitative estimate of drug-likeness (QED) is 0.310. The summed E-state index contributed by atoms with van der Waals surface area (Å²) in [5, 5.41) is 28.9. The average molecular weight is 497 g/mol. The van der Waals surface area contributed by atoms with Gasteiger partial charge in [-0.2, -0.15) is 0 Å². The van der Waals surface area contributed by atoms with Crippen molar-refractivity contribution < 1.29 is 39.1 Å². The van der Waals surface area contributed by atoms with Crippen LogP contribution in [0.1, 0.15) is 78.6 Å². The van der Waals surface area contributed by atoms with Gasteiger partial charge in [0.2, 0.25) is 0 Å². The molecule has 4 saturated carbocycles. The molecule has 1 unspecified atom stereocenters. The first kappa shape index (κ1) is 26.8. The fourth-order valence-electron chi connectivity index (χ4n) is 9.43. The number of aliphatic hydroxyl groups is 2. The highest BCUT2D eigenvalue weighted by molar-refractivity contribution is 5.66. The molecule has 0 saturated heterocycles. The van der Waals surface area contributed by atoms with Crippen LogP contribution in [0.2, 0.25) is 0 Å². The lowest BCUT2D eigenvalue weighted by molar-refractivity contribution is -0.244. The summed E-state index contributed by atoms with van der Waals surface area (Å²) in [6, 6.07) is 0. The summed E-state index contributed by atoms with van der Waals surface area (Å²) < 4.78 is 17.5. The number of carbonyl (C=O) groups excluding carboxylic acids is 1. The number of aliphatic carboxylic acids is 1. The highest BCUT2D eigenvalue weighted by Gasteiger charge is 2.66. The molecule has 4 aliphatic carbocycles. The molecule has 8 heteroatoms. The van der Waals surface area contributed by atoms with Gasteiger partial charge in [-0.15, -0.1) is 0 Å². The van der Waals surface area contributed by atoms with Gasteiger partial charge in [0.1, 0.15) is 19.7 Å². The Bertz CT molecular complexity index is 759. The summed E-state index contributed by atoms with van der Waals surface area (Å²) in [6.45, 7) is 6.75. The Balaban J connectivity index is 1.67. The first-order valence-corrected chi connectivity index (χ1v) is 13.5. The van der Waals surface area contributed by atoms with E-state index in [4.69, 9.17) is 14.2 Å². The van der Waals surface area contributed by atoms with Gasteiger partial charge in [-0.25, -0.2) is 0 Å². The Kier molecular flexibility index (Phi) is 8.16. The van der Waals surface area contributed by atoms with Gasteiger partial charge in [0, 0.05) is 11.8 Å². The molecule has 8 nitrogen and oxygen atoms in total. The molecule has 35 heavy (non-hydrogen) atoms. The highest BCUT2D eigenvalue weighted by atomic mass is 16.6. The van der Waals surface area contributed by atoms with Crippen LogP contribution in [-0.4, -0.2) is 59.7 Å². The van der Waals surface area contributed by atoms with E-state index in [0.717, 1.165) is 44.9 Å². The molecule has 4 fully saturated rings. The van der Waals surface area contributed by atoms with E-state index in [1.807, 2.05) is 0 Å². The van der Waals surface area contributed by atoms with Crippen molar-refractivity contribution in [3.8, 4) is 0 Å². The van der Waals surface area contributed by atoms with Crippen LogP contribution in [0.25, 0.3) is 0 Å². The lowest BCUT2D eigenvalue weighted by atomic mass is 9.43. The lowest BCUT2D eigenvalue weighted by Gasteiger charge is -2.64. The molecule has 0 heterocycles. The number of carboxylic acid groups (broad SMARTS) is 1. The van der Waals surface area contributed by atoms with Crippen molar-refractivity contribution in [2.24, 2.45) is 46.3 Å². The number of carboxylic acids is 1. The summed E-state index contributed by atoms with van der Waals surface area (Å²) in [5.41, 5.74) is -0.145. The second-order valence-electron chi connectivity index (χ2n) is 12.2. The molecule has 11 atom stereocenters. The van der Waals surface area contributed by atoms with Crippen LogP contribution in [0.3, 0.4) is 0 Å². The smallest absolute Gasteiger partial charge is 0.303 e. The minimum Gasteiger partial charge on any atom is -0.481 e. The van der Waals surface area contributed by atoms with E-state index in [1.54, 1.807) is 0 Å². The zero-order valence-corrected chi connectivity index (χ0v) is 21.4. The van der Waals surface area contributed by atoms with Gasteiger partial charge in [0.15, 0.2) is 0 Å². The van der Waals surface area contributed by atoms with E-state index in [9.17, 15) is 24.9 Å². The number of carbonyl (C=O) groups is 2. The molecule has 0 amide bonds. The Morgan fingerprint density at radius 2 is 1.80 bits per heavy atom. The van der Waals surface area contributed by atoms with Crippen molar-refractivity contribution >= 4 is 12.4 Å². The second-order valence-corrected chi connectivity index (χ2v) is 12.2. The first-order valence-electron chi connectivity index (χ1n) is 13.5. The van der Waals surface area contributed by atoms with E-state index < -0.39 is 5.97 Å². The normalized spacial score (nSPS) is 45.6. The van der Waals surface area contributed by atoms with Gasteiger partial charge in [0.25, 0.3) is 6.47 Å². The number of aliphatic hydroxyl groups excluding tert-OH is 2. The van der Waals surface area contributed by atoms with Crippen molar-refractivity contribution in [1.29, 1.82) is 0 Å². The van der Waals surface area contributed by atoms with Crippen molar-refractivity contribution in [3.63, 3.8) is 0 Å². The van der Waals surface area contributed by atoms with Gasteiger partial charge in [0.05, 0.1) is 12.2 Å². The predicted molar refractivity (Wildman–Crippen MR) is 127 cm³/mol. The van der Waals surface area contributed by atoms with Crippen LogP contribution >= 0.6 is 0 Å². The highest BCUT2D eigenvalue weighted by Crippen LogP contribution is 2.69. The summed E-state index contributed by atoms with van der Waals surface area (Å²) >= 11 is 0. The Labute approximate surface area is 208 Å². The maximum absolute atomic E-state index is 11.3. The molecule has 4 rings (SSSR count). The number of ether oxygens (including phenoxy) is 3. The first-order chi connectivity index (χ1) is 16.7. The van der Waals surface area contributed by atoms with Crippen molar-refractivity contribution in [2.75, 3.05) is 13.6 Å². The molecule has 4 aliphatic rings. The molecule has 200 valence electrons. The summed E-state index contributed by atoms with van der Waals surface area (Å²) in [7, 11) is 0. The number of hydrogen-bond acceptors (Lipinski definition) is 7. The largest absolute Gasteiger partial charge is 0.481 e. The summed E-state index contributed by atoms with van der Waals surface area (Å²) in [5.74, 6) is 1.01. The Morgan fingerprint density at radius 1 is 1.06 bits per heavy atom. The number of rotatable bonds is 10. The van der Waals surface area contributed by atoms with E-state index in [-0.39, 0.29) is 61.0 Å². The Hall–Kier alpha value is -1.22. The molecular formula is C27H44O8. The van der Waals surface area contributed by atoms with Crippen molar-refractivity contribution in [2.45, 2.75) is 96.9 Å². The molecule has 0 aromatic rings. The molecule has 0 aliphatic heterocycles. The minimum atomic E-state index is -0.764. The predicted octanol–water partition coefficient (Wildman–Crippen LogP) is 3.58. The van der Waals surface area contributed by atoms with Gasteiger partial charge in [-0.3, -0.25) is 9.59 Å². The maximum atomic E-state index is 11.3. The third kappa shape index (κ3) is 4.64. The topological polar surface area (TPSA) is 123 Å². The van der Waals surface area contributed by atoms with E-state index in [0.29, 0.717) is 36.6 Å². The zero-order valence-electron chi connectivity index (χ0n) is 21.4. The zero-order chi connectivity index (χ0) is 25.4. The van der Waals surface area contributed by atoms with Crippen LogP contribution in [-0.2, 0) is 23.8 Å². The van der Waals surface area contributed by atoms with Crippen LogP contribution in [0.4, 0.5) is 0 Å². The molecule has 0 radical (unpaired) electrons. The Morgan fingerprint density at radius 3 is 2.46 bits per heavy atom. The monoisotopic (exact) mass is 496 g/mol. The van der Waals surface area contributed by atoms with Crippen LogP contribution < -0.4 is 0 Å². The van der Waals surface area contributed by atoms with E-state index in [1.165, 1.54) is 0 Å². The minimum absolute atomic E-state index is 0.0497. The molecule has 3 N–H and O–H groups in total. The standard InChI is InChI=1S/C27H44O8/c1-16(4-7-24(31)32)19-5-6-20-25-21(12-23(35-15-30)27(19,20)3)26(2)9-8-18(33-13-28)10-17(26)11-22(25)34-14-29/h13,16-23,25,29-30H,4-12,14-15H2,1-3H3,(H,31,32)/t16-,17+,18-,19?,20+,21+,22-,23+,25+,26+,27-/m1/s1. The molecule has 0 aromatic heterocycles. The van der Waals surface area contributed by atoms with Crippen molar-refractivity contribution in [1.82, 2.24) is 0 Å². The van der Waals surface area contributed by atoms with Crippen LogP contribution in [0, 0.1) is 46.3 Å². The average Bonchev–Trinajstić information content (AvgIpc) is 3.17. The molecular weight excluding hydrogens is 452 g/mol. The lowest BCUT2D eigenvalue weighted by Crippen LogP contribution is -2.63. The molecule has 0 aromatic carbocycles. The number of hydrogen-bond donors (Lipinski definition) is 3. The molecule has 0 bridgehead atoms. The number of fused-ring (bicyclic) bond motifs is 5. The van der Waals surface area contributed by atoms with Crippen LogP contribution in [0.15, 0.2) is 0 Å². The van der Waals surface area contributed by atoms with Crippen molar-refractivity contribution in [3.05, 3.63) is 0 Å². The van der Waals surface area contributed by atoms with Crippen LogP contribution in [0.5, 0.6) is 0 Å². The summed E-state index contributed by atoms with van der Waals surface area (Å²) in [4.78, 5) is 22.3. The third-order valence-electron chi connectivity index (χ3n) is 11.1. The van der Waals surface area contributed by atoms with Gasteiger partial charge in [-0.1, -0.05) is 20.8 Å². The fourth-order valence-corrected chi connectivity index (χ4v) is 9.43. The molecule has 0 spiro atoms. The van der Waals surface area contributed by atoms with Gasteiger partial charge >= 0.3 is 5.97 Å². The third-order valence-corrected chi connectivity index (χ3v) is 11.1. The SMILES string of the molecule is C[C@H](CCC(=O)O)C1CC[C@H]2[C@@H]3[C@H](OCO)C[C@@H]4C[C@H](OC=O)CC[C@]4(C)[C@H]3C[C@H](OCO)[C@]12C. The van der Waals surface area contributed by atoms with Gasteiger partial charge in [-0.05, 0) is 92.3 Å². The summed E-state index contributed by atoms with van der Waals surface area (Å²) in [6.07, 6.45) is 6.86. The van der Waals surface area contributed by atoms with E-state index in [2.05, 4.69) is 20.8 Å². The fraction of sp³-hybridized carbons (Fsp3) is 0.926. The second kappa shape index (κ2) is 10.6.